The number of fused-ring (bicyclic) bond motifs is 1. The molecule has 3 aromatic rings. The van der Waals surface area contributed by atoms with Crippen molar-refractivity contribution in [2.45, 2.75) is 52.5 Å². The fourth-order valence-corrected chi connectivity index (χ4v) is 4.30. The predicted molar refractivity (Wildman–Crippen MR) is 110 cm³/mol. The molecule has 1 fully saturated rings. The number of aromatic nitrogens is 3. The van der Waals surface area contributed by atoms with E-state index in [0.717, 1.165) is 36.6 Å². The van der Waals surface area contributed by atoms with E-state index < -0.39 is 0 Å². The molecule has 1 saturated heterocycles. The standard InChI is InChI=1S/C23H30N4/c1-3-7-20-12-13-26(15-20)17-22-18(2)25-27-16-21(14-24-23(22)27)11-10-19-8-5-4-6-9-19/h4-6,8-9,14,16,20H,3,7,10-13,15,17H2,1-2H3. The summed E-state index contributed by atoms with van der Waals surface area (Å²) in [5, 5.41) is 4.75. The number of rotatable bonds is 7. The normalized spacial score (nSPS) is 17.8. The summed E-state index contributed by atoms with van der Waals surface area (Å²) in [6.07, 6.45) is 10.2. The third kappa shape index (κ3) is 4.22. The highest BCUT2D eigenvalue weighted by Gasteiger charge is 2.23. The summed E-state index contributed by atoms with van der Waals surface area (Å²) in [4.78, 5) is 7.36. The first-order valence-corrected chi connectivity index (χ1v) is 10.3. The van der Waals surface area contributed by atoms with E-state index in [1.54, 1.807) is 0 Å². The van der Waals surface area contributed by atoms with Gasteiger partial charge in [-0.25, -0.2) is 9.50 Å². The summed E-state index contributed by atoms with van der Waals surface area (Å²) in [7, 11) is 0. The summed E-state index contributed by atoms with van der Waals surface area (Å²) >= 11 is 0. The number of nitrogens with zero attached hydrogens (tertiary/aromatic N) is 4. The van der Waals surface area contributed by atoms with E-state index in [9.17, 15) is 0 Å². The first-order chi connectivity index (χ1) is 13.2. The van der Waals surface area contributed by atoms with Gasteiger partial charge in [0.2, 0.25) is 0 Å². The van der Waals surface area contributed by atoms with Gasteiger partial charge in [-0.05, 0) is 56.2 Å². The van der Waals surface area contributed by atoms with Crippen LogP contribution in [0.2, 0.25) is 0 Å². The molecule has 0 amide bonds. The van der Waals surface area contributed by atoms with E-state index in [2.05, 4.69) is 55.3 Å². The maximum atomic E-state index is 4.79. The third-order valence-corrected chi connectivity index (χ3v) is 5.82. The summed E-state index contributed by atoms with van der Waals surface area (Å²) < 4.78 is 1.99. The van der Waals surface area contributed by atoms with E-state index in [1.165, 1.54) is 49.0 Å². The summed E-state index contributed by atoms with van der Waals surface area (Å²) in [5.41, 5.74) is 6.04. The number of hydrogen-bond acceptors (Lipinski definition) is 3. The minimum atomic E-state index is 0.870. The average Bonchev–Trinajstić information content (AvgIpc) is 3.25. The summed E-state index contributed by atoms with van der Waals surface area (Å²) in [6, 6.07) is 10.6. The molecule has 4 heteroatoms. The molecule has 0 aliphatic carbocycles. The highest BCUT2D eigenvalue weighted by Crippen LogP contribution is 2.24. The van der Waals surface area contributed by atoms with Crippen LogP contribution in [0.4, 0.5) is 0 Å². The zero-order valence-electron chi connectivity index (χ0n) is 16.6. The molecule has 1 unspecified atom stereocenters. The second kappa shape index (κ2) is 8.22. The smallest absolute Gasteiger partial charge is 0.159 e. The average molecular weight is 363 g/mol. The van der Waals surface area contributed by atoms with Gasteiger partial charge in [-0.2, -0.15) is 5.10 Å². The molecule has 4 nitrogen and oxygen atoms in total. The van der Waals surface area contributed by atoms with Crippen molar-refractivity contribution in [2.24, 2.45) is 5.92 Å². The molecule has 1 aliphatic rings. The number of aryl methyl sites for hydroxylation is 3. The first-order valence-electron chi connectivity index (χ1n) is 10.3. The number of likely N-dealkylation sites (tertiary alicyclic amines) is 1. The summed E-state index contributed by atoms with van der Waals surface area (Å²) in [6.45, 7) is 7.81. The quantitative estimate of drug-likeness (QED) is 0.623. The second-order valence-corrected chi connectivity index (χ2v) is 7.96. The molecule has 0 saturated carbocycles. The monoisotopic (exact) mass is 362 g/mol. The molecule has 4 rings (SSSR count). The molecular weight excluding hydrogens is 332 g/mol. The van der Waals surface area contributed by atoms with Crippen LogP contribution in [-0.4, -0.2) is 32.6 Å². The van der Waals surface area contributed by atoms with Gasteiger partial charge < -0.3 is 0 Å². The van der Waals surface area contributed by atoms with Crippen LogP contribution in [0.5, 0.6) is 0 Å². The van der Waals surface area contributed by atoms with Gasteiger partial charge in [-0.1, -0.05) is 43.7 Å². The maximum Gasteiger partial charge on any atom is 0.159 e. The van der Waals surface area contributed by atoms with Crippen LogP contribution in [0.15, 0.2) is 42.7 Å². The molecule has 1 atom stereocenters. The van der Waals surface area contributed by atoms with Gasteiger partial charge in [-0.15, -0.1) is 0 Å². The molecule has 142 valence electrons. The molecule has 27 heavy (non-hydrogen) atoms. The Balaban J connectivity index is 1.46. The van der Waals surface area contributed by atoms with Gasteiger partial charge in [0.1, 0.15) is 0 Å². The van der Waals surface area contributed by atoms with Crippen LogP contribution < -0.4 is 0 Å². The van der Waals surface area contributed by atoms with E-state index in [1.807, 2.05) is 10.7 Å². The highest BCUT2D eigenvalue weighted by molar-refractivity contribution is 5.50. The third-order valence-electron chi connectivity index (χ3n) is 5.82. The van der Waals surface area contributed by atoms with Crippen molar-refractivity contribution in [3.63, 3.8) is 0 Å². The Morgan fingerprint density at radius 2 is 1.93 bits per heavy atom. The lowest BCUT2D eigenvalue weighted by Gasteiger charge is -2.15. The first kappa shape index (κ1) is 18.2. The maximum absolute atomic E-state index is 4.79. The van der Waals surface area contributed by atoms with Gasteiger partial charge in [0.15, 0.2) is 5.65 Å². The Hall–Kier alpha value is -2.20. The van der Waals surface area contributed by atoms with E-state index in [0.29, 0.717) is 0 Å². The zero-order valence-corrected chi connectivity index (χ0v) is 16.6. The van der Waals surface area contributed by atoms with Crippen molar-refractivity contribution in [1.29, 1.82) is 0 Å². The van der Waals surface area contributed by atoms with Crippen molar-refractivity contribution < 1.29 is 0 Å². The van der Waals surface area contributed by atoms with Gasteiger partial charge in [0, 0.05) is 31.0 Å². The van der Waals surface area contributed by atoms with Crippen molar-refractivity contribution in [1.82, 2.24) is 19.5 Å². The Kier molecular flexibility index (Phi) is 5.53. The SMILES string of the molecule is CCCC1CCN(Cc2c(C)nn3cc(CCc4ccccc4)cnc23)C1. The van der Waals surface area contributed by atoms with Crippen LogP contribution in [0.1, 0.15) is 48.6 Å². The Bertz CT molecular complexity index is 884. The van der Waals surface area contributed by atoms with Crippen molar-refractivity contribution in [3.8, 4) is 0 Å². The topological polar surface area (TPSA) is 33.4 Å². The molecule has 1 aromatic carbocycles. The second-order valence-electron chi connectivity index (χ2n) is 7.96. The molecule has 0 spiro atoms. The Morgan fingerprint density at radius 1 is 1.11 bits per heavy atom. The van der Waals surface area contributed by atoms with Crippen molar-refractivity contribution in [3.05, 3.63) is 65.1 Å². The van der Waals surface area contributed by atoms with Crippen molar-refractivity contribution in [2.75, 3.05) is 13.1 Å². The molecule has 1 aliphatic heterocycles. The molecule has 0 N–H and O–H groups in total. The van der Waals surface area contributed by atoms with Gasteiger partial charge >= 0.3 is 0 Å². The Morgan fingerprint density at radius 3 is 2.74 bits per heavy atom. The lowest BCUT2D eigenvalue weighted by molar-refractivity contribution is 0.313. The van der Waals surface area contributed by atoms with Crippen molar-refractivity contribution >= 4 is 5.65 Å². The Labute approximate surface area is 162 Å². The van der Waals surface area contributed by atoms with Crippen LogP contribution in [0.25, 0.3) is 5.65 Å². The van der Waals surface area contributed by atoms with Crippen LogP contribution in [0.3, 0.4) is 0 Å². The van der Waals surface area contributed by atoms with E-state index >= 15 is 0 Å². The fraction of sp³-hybridized carbons (Fsp3) is 0.478. The van der Waals surface area contributed by atoms with Gasteiger partial charge in [0.25, 0.3) is 0 Å². The van der Waals surface area contributed by atoms with E-state index in [-0.39, 0.29) is 0 Å². The number of hydrogen-bond donors (Lipinski definition) is 0. The molecule has 0 radical (unpaired) electrons. The molecular formula is C23H30N4. The number of benzene rings is 1. The largest absolute Gasteiger partial charge is 0.299 e. The molecule has 3 heterocycles. The summed E-state index contributed by atoms with van der Waals surface area (Å²) in [5.74, 6) is 0.870. The highest BCUT2D eigenvalue weighted by atomic mass is 15.3. The van der Waals surface area contributed by atoms with Gasteiger partial charge in [-0.3, -0.25) is 4.90 Å². The minimum Gasteiger partial charge on any atom is -0.299 e. The molecule has 0 bridgehead atoms. The van der Waals surface area contributed by atoms with Gasteiger partial charge in [0.05, 0.1) is 5.69 Å². The predicted octanol–water partition coefficient (Wildman–Crippen LogP) is 4.44. The van der Waals surface area contributed by atoms with Crippen LogP contribution in [0, 0.1) is 12.8 Å². The van der Waals surface area contributed by atoms with E-state index in [4.69, 9.17) is 10.1 Å². The zero-order chi connectivity index (χ0) is 18.6. The van der Waals surface area contributed by atoms with Crippen LogP contribution >= 0.6 is 0 Å². The molecule has 2 aromatic heterocycles. The fourth-order valence-electron chi connectivity index (χ4n) is 4.30. The minimum absolute atomic E-state index is 0.870. The lowest BCUT2D eigenvalue weighted by Crippen LogP contribution is -2.20. The van der Waals surface area contributed by atoms with Crippen LogP contribution in [-0.2, 0) is 19.4 Å². The lowest BCUT2D eigenvalue weighted by atomic mass is 10.0.